The molecule has 5 heteroatoms. The SMILES string of the molecule is CSN1CC=CN=C1c1ccccn1.Cl. The first-order valence-electron chi connectivity index (χ1n) is 4.37. The average Bonchev–Trinajstić information content (AvgIpc) is 2.30. The Hall–Kier alpha value is -1.00. The van der Waals surface area contributed by atoms with Crippen LogP contribution in [0.1, 0.15) is 5.69 Å². The van der Waals surface area contributed by atoms with Gasteiger partial charge in [0.25, 0.3) is 0 Å². The van der Waals surface area contributed by atoms with E-state index in [1.807, 2.05) is 36.7 Å². The van der Waals surface area contributed by atoms with Gasteiger partial charge in [0.2, 0.25) is 0 Å². The number of hydrogen-bond acceptors (Lipinski definition) is 4. The lowest BCUT2D eigenvalue weighted by atomic mass is 10.3. The van der Waals surface area contributed by atoms with Crippen LogP contribution < -0.4 is 0 Å². The van der Waals surface area contributed by atoms with Gasteiger partial charge >= 0.3 is 0 Å². The van der Waals surface area contributed by atoms with E-state index in [1.54, 1.807) is 18.1 Å². The topological polar surface area (TPSA) is 28.5 Å². The second kappa shape index (κ2) is 5.78. The number of pyridine rings is 1. The minimum atomic E-state index is 0. The minimum Gasteiger partial charge on any atom is -0.295 e. The molecule has 0 radical (unpaired) electrons. The van der Waals surface area contributed by atoms with Gasteiger partial charge in [0.1, 0.15) is 5.69 Å². The van der Waals surface area contributed by atoms with Crippen molar-refractivity contribution in [2.24, 2.45) is 4.99 Å². The van der Waals surface area contributed by atoms with Crippen LogP contribution in [0.25, 0.3) is 0 Å². The highest BCUT2D eigenvalue weighted by molar-refractivity contribution is 7.96. The molecule has 0 aromatic carbocycles. The highest BCUT2D eigenvalue weighted by Crippen LogP contribution is 2.14. The van der Waals surface area contributed by atoms with Crippen LogP contribution in [0, 0.1) is 0 Å². The van der Waals surface area contributed by atoms with Crippen molar-refractivity contribution in [2.45, 2.75) is 0 Å². The van der Waals surface area contributed by atoms with E-state index in [0.29, 0.717) is 0 Å². The standard InChI is InChI=1S/C10H11N3S.ClH/c1-14-13-8-4-7-12-10(13)9-5-2-3-6-11-9;/h2-7H,8H2,1H3;1H. The fourth-order valence-electron chi connectivity index (χ4n) is 1.27. The fourth-order valence-corrected chi connectivity index (χ4v) is 1.82. The molecule has 0 saturated heterocycles. The largest absolute Gasteiger partial charge is 0.295 e. The van der Waals surface area contributed by atoms with Gasteiger partial charge in [0, 0.05) is 18.7 Å². The van der Waals surface area contributed by atoms with Crippen molar-refractivity contribution in [1.29, 1.82) is 0 Å². The Morgan fingerprint density at radius 2 is 2.27 bits per heavy atom. The molecule has 0 bridgehead atoms. The zero-order valence-corrected chi connectivity index (χ0v) is 9.96. The molecule has 0 aliphatic carbocycles. The highest BCUT2D eigenvalue weighted by atomic mass is 35.5. The summed E-state index contributed by atoms with van der Waals surface area (Å²) in [6.07, 6.45) is 7.69. The predicted molar refractivity (Wildman–Crippen MR) is 67.4 cm³/mol. The van der Waals surface area contributed by atoms with Gasteiger partial charge in [-0.1, -0.05) is 18.0 Å². The second-order valence-electron chi connectivity index (χ2n) is 2.80. The third kappa shape index (κ3) is 2.73. The van der Waals surface area contributed by atoms with Gasteiger partial charge in [-0.15, -0.1) is 12.4 Å². The molecule has 1 aliphatic rings. The van der Waals surface area contributed by atoms with E-state index in [0.717, 1.165) is 18.1 Å². The molecule has 0 unspecified atom stereocenters. The minimum absolute atomic E-state index is 0. The molecule has 0 fully saturated rings. The van der Waals surface area contributed by atoms with Crippen molar-refractivity contribution in [3.8, 4) is 0 Å². The van der Waals surface area contributed by atoms with Crippen LogP contribution in [0.2, 0.25) is 0 Å². The van der Waals surface area contributed by atoms with Crippen LogP contribution in [0.5, 0.6) is 0 Å². The third-order valence-corrected chi connectivity index (χ3v) is 2.69. The van der Waals surface area contributed by atoms with Crippen molar-refractivity contribution in [2.75, 3.05) is 12.8 Å². The lowest BCUT2D eigenvalue weighted by Gasteiger charge is -2.22. The van der Waals surface area contributed by atoms with E-state index in [2.05, 4.69) is 14.3 Å². The quantitative estimate of drug-likeness (QED) is 0.745. The van der Waals surface area contributed by atoms with Crippen LogP contribution >= 0.6 is 24.4 Å². The van der Waals surface area contributed by atoms with Crippen LogP contribution in [0.4, 0.5) is 0 Å². The zero-order chi connectivity index (χ0) is 9.80. The molecule has 1 aromatic rings. The predicted octanol–water partition coefficient (Wildman–Crippen LogP) is 2.36. The molecule has 1 aromatic heterocycles. The van der Waals surface area contributed by atoms with Gasteiger partial charge in [-0.25, -0.2) is 4.99 Å². The molecule has 80 valence electrons. The highest BCUT2D eigenvalue weighted by Gasteiger charge is 2.14. The Morgan fingerprint density at radius 3 is 2.93 bits per heavy atom. The van der Waals surface area contributed by atoms with E-state index in [1.165, 1.54) is 0 Å². The number of halogens is 1. The van der Waals surface area contributed by atoms with Gasteiger partial charge in [-0.05, 0) is 18.2 Å². The number of aliphatic imine (C=N–C) groups is 1. The van der Waals surface area contributed by atoms with Crippen molar-refractivity contribution in [3.63, 3.8) is 0 Å². The van der Waals surface area contributed by atoms with E-state index >= 15 is 0 Å². The molecule has 0 N–H and O–H groups in total. The maximum absolute atomic E-state index is 4.33. The van der Waals surface area contributed by atoms with Gasteiger partial charge in [-0.2, -0.15) is 0 Å². The van der Waals surface area contributed by atoms with E-state index in [4.69, 9.17) is 0 Å². The van der Waals surface area contributed by atoms with Crippen molar-refractivity contribution in [3.05, 3.63) is 42.4 Å². The number of rotatable bonds is 2. The molecule has 15 heavy (non-hydrogen) atoms. The van der Waals surface area contributed by atoms with E-state index < -0.39 is 0 Å². The van der Waals surface area contributed by atoms with Gasteiger partial charge in [-0.3, -0.25) is 9.29 Å². The zero-order valence-electron chi connectivity index (χ0n) is 8.33. The molecular formula is C10H12ClN3S. The Balaban J connectivity index is 0.00000112. The second-order valence-corrected chi connectivity index (χ2v) is 3.60. The van der Waals surface area contributed by atoms with Crippen molar-refractivity contribution in [1.82, 2.24) is 9.29 Å². The first-order chi connectivity index (χ1) is 6.92. The van der Waals surface area contributed by atoms with Crippen molar-refractivity contribution < 1.29 is 0 Å². The molecule has 2 rings (SSSR count). The molecular weight excluding hydrogens is 230 g/mol. The molecule has 0 amide bonds. The molecule has 0 atom stereocenters. The first-order valence-corrected chi connectivity index (χ1v) is 5.56. The average molecular weight is 242 g/mol. The van der Waals surface area contributed by atoms with Crippen LogP contribution in [0.15, 0.2) is 41.7 Å². The normalized spacial score (nSPS) is 14.5. The summed E-state index contributed by atoms with van der Waals surface area (Å²) in [5.41, 5.74) is 0.922. The summed E-state index contributed by atoms with van der Waals surface area (Å²) >= 11 is 1.66. The Bertz CT molecular complexity index is 364. The lowest BCUT2D eigenvalue weighted by Crippen LogP contribution is -2.27. The summed E-state index contributed by atoms with van der Waals surface area (Å²) < 4.78 is 2.11. The monoisotopic (exact) mass is 241 g/mol. The summed E-state index contributed by atoms with van der Waals surface area (Å²) in [5.74, 6) is 0.931. The van der Waals surface area contributed by atoms with Gasteiger partial charge in [0.05, 0.1) is 6.54 Å². The molecule has 2 heterocycles. The summed E-state index contributed by atoms with van der Waals surface area (Å²) in [4.78, 5) is 8.61. The van der Waals surface area contributed by atoms with Crippen LogP contribution in [0.3, 0.4) is 0 Å². The maximum Gasteiger partial charge on any atom is 0.164 e. The summed E-state index contributed by atoms with van der Waals surface area (Å²) in [6, 6.07) is 5.86. The van der Waals surface area contributed by atoms with E-state index in [-0.39, 0.29) is 12.4 Å². The number of aromatic nitrogens is 1. The Morgan fingerprint density at radius 1 is 1.40 bits per heavy atom. The summed E-state index contributed by atoms with van der Waals surface area (Å²) in [7, 11) is 0. The van der Waals surface area contributed by atoms with Gasteiger partial charge < -0.3 is 0 Å². The van der Waals surface area contributed by atoms with Crippen LogP contribution in [-0.4, -0.2) is 27.9 Å². The molecule has 1 aliphatic heterocycles. The van der Waals surface area contributed by atoms with Crippen LogP contribution in [-0.2, 0) is 0 Å². The molecule has 3 nitrogen and oxygen atoms in total. The number of hydrogen-bond donors (Lipinski definition) is 0. The van der Waals surface area contributed by atoms with Gasteiger partial charge in [0.15, 0.2) is 5.84 Å². The lowest BCUT2D eigenvalue weighted by molar-refractivity contribution is 0.744. The Kier molecular flexibility index (Phi) is 4.65. The third-order valence-electron chi connectivity index (χ3n) is 1.92. The number of nitrogens with zero attached hydrogens (tertiary/aromatic N) is 3. The van der Waals surface area contributed by atoms with E-state index in [9.17, 15) is 0 Å². The van der Waals surface area contributed by atoms with Crippen molar-refractivity contribution >= 4 is 30.2 Å². The molecule has 0 spiro atoms. The Labute approximate surface area is 99.8 Å². The summed E-state index contributed by atoms with van der Waals surface area (Å²) in [6.45, 7) is 0.885. The molecule has 0 saturated carbocycles. The smallest absolute Gasteiger partial charge is 0.164 e. The first kappa shape index (κ1) is 12.1. The number of amidine groups is 1. The summed E-state index contributed by atoms with van der Waals surface area (Å²) in [5, 5.41) is 0. The maximum atomic E-state index is 4.33. The fraction of sp³-hybridized carbons (Fsp3) is 0.200.